The maximum atomic E-state index is 12.6. The minimum atomic E-state index is -0.919. The van der Waals surface area contributed by atoms with Gasteiger partial charge in [-0.1, -0.05) is 48.5 Å². The lowest BCUT2D eigenvalue weighted by atomic mass is 9.90. The summed E-state index contributed by atoms with van der Waals surface area (Å²) in [5.74, 6) is -1.12. The van der Waals surface area contributed by atoms with Gasteiger partial charge in [0.1, 0.15) is 6.61 Å². The summed E-state index contributed by atoms with van der Waals surface area (Å²) in [5, 5.41) is 12.0. The van der Waals surface area contributed by atoms with E-state index in [1.54, 1.807) is 11.8 Å². The van der Waals surface area contributed by atoms with Crippen molar-refractivity contribution >= 4 is 18.0 Å². The van der Waals surface area contributed by atoms with Gasteiger partial charge in [0, 0.05) is 32.7 Å². The van der Waals surface area contributed by atoms with E-state index in [2.05, 4.69) is 29.6 Å². The smallest absolute Gasteiger partial charge is 0.407 e. The molecule has 2 unspecified atom stereocenters. The number of methoxy groups -OCH3 is 1. The van der Waals surface area contributed by atoms with Crippen LogP contribution < -0.4 is 5.32 Å². The van der Waals surface area contributed by atoms with Crippen molar-refractivity contribution in [3.8, 4) is 11.1 Å². The van der Waals surface area contributed by atoms with Crippen LogP contribution in [0.5, 0.6) is 0 Å². The number of amides is 2. The van der Waals surface area contributed by atoms with Gasteiger partial charge in [-0.3, -0.25) is 9.59 Å². The van der Waals surface area contributed by atoms with Gasteiger partial charge < -0.3 is 24.8 Å². The van der Waals surface area contributed by atoms with E-state index in [9.17, 15) is 19.5 Å². The molecule has 2 atom stereocenters. The fourth-order valence-electron chi connectivity index (χ4n) is 4.76. The Morgan fingerprint density at radius 1 is 1.12 bits per heavy atom. The lowest BCUT2D eigenvalue weighted by Crippen LogP contribution is -2.40. The predicted molar refractivity (Wildman–Crippen MR) is 125 cm³/mol. The Morgan fingerprint density at radius 2 is 1.74 bits per heavy atom. The van der Waals surface area contributed by atoms with Crippen LogP contribution in [0.1, 0.15) is 36.8 Å². The van der Waals surface area contributed by atoms with Gasteiger partial charge in [-0.15, -0.1) is 0 Å². The van der Waals surface area contributed by atoms with E-state index in [0.29, 0.717) is 13.0 Å². The highest BCUT2D eigenvalue weighted by Crippen LogP contribution is 2.44. The zero-order valence-corrected chi connectivity index (χ0v) is 19.5. The summed E-state index contributed by atoms with van der Waals surface area (Å²) in [6.07, 6.45) is -0.639. The number of carbonyl (C=O) groups excluding carboxylic acids is 2. The molecule has 8 nitrogen and oxygen atoms in total. The van der Waals surface area contributed by atoms with Gasteiger partial charge in [-0.25, -0.2) is 4.79 Å². The third-order valence-corrected chi connectivity index (χ3v) is 6.90. The second-order valence-corrected chi connectivity index (χ2v) is 9.20. The number of benzene rings is 2. The first kappa shape index (κ1) is 23.8. The Labute approximate surface area is 198 Å². The molecular weight excluding hydrogens is 436 g/mol. The van der Waals surface area contributed by atoms with Crippen molar-refractivity contribution in [3.05, 3.63) is 59.7 Å². The zero-order valence-electron chi connectivity index (χ0n) is 19.5. The molecule has 2 amide bonds. The first-order valence-corrected chi connectivity index (χ1v) is 11.4. The largest absolute Gasteiger partial charge is 0.481 e. The molecule has 2 aliphatic rings. The number of rotatable bonds is 8. The van der Waals surface area contributed by atoms with Crippen molar-refractivity contribution in [1.29, 1.82) is 0 Å². The number of carbonyl (C=O) groups is 3. The standard InChI is InChI=1S/C26H30N2O6/c1-26(24(30)31)11-12-28(16-26)23(29)13-17(33-2)14-27-25(32)34-15-22-20-9-5-3-7-18(20)19-8-4-6-10-21(19)22/h3-10,17,22H,11-16H2,1-2H3,(H,27,32)(H,30,31). The summed E-state index contributed by atoms with van der Waals surface area (Å²) in [5.41, 5.74) is 3.67. The molecule has 0 aromatic heterocycles. The number of hydrogen-bond donors (Lipinski definition) is 2. The van der Waals surface area contributed by atoms with Gasteiger partial charge in [0.25, 0.3) is 0 Å². The summed E-state index contributed by atoms with van der Waals surface area (Å²) in [7, 11) is 1.47. The summed E-state index contributed by atoms with van der Waals surface area (Å²) in [4.78, 5) is 38.0. The molecule has 2 aromatic rings. The van der Waals surface area contributed by atoms with Crippen molar-refractivity contribution in [2.45, 2.75) is 31.8 Å². The monoisotopic (exact) mass is 466 g/mol. The molecule has 1 saturated heterocycles. The number of nitrogens with zero attached hydrogens (tertiary/aromatic N) is 1. The minimum absolute atomic E-state index is 0.0309. The van der Waals surface area contributed by atoms with Crippen LogP contribution >= 0.6 is 0 Å². The van der Waals surface area contributed by atoms with Crippen molar-refractivity contribution in [3.63, 3.8) is 0 Å². The number of hydrogen-bond acceptors (Lipinski definition) is 5. The van der Waals surface area contributed by atoms with Gasteiger partial charge in [0.2, 0.25) is 5.91 Å². The normalized spacial score (nSPS) is 19.9. The number of carboxylic acids is 1. The van der Waals surface area contributed by atoms with Crippen LogP contribution in [0.2, 0.25) is 0 Å². The molecule has 1 fully saturated rings. The minimum Gasteiger partial charge on any atom is -0.481 e. The fraction of sp³-hybridized carbons (Fsp3) is 0.423. The molecule has 0 radical (unpaired) electrons. The van der Waals surface area contributed by atoms with E-state index < -0.39 is 23.6 Å². The van der Waals surface area contributed by atoms with Crippen molar-refractivity contribution in [2.75, 3.05) is 33.4 Å². The Kier molecular flexibility index (Phi) is 6.88. The molecule has 0 spiro atoms. The number of nitrogens with one attached hydrogen (secondary N) is 1. The summed E-state index contributed by atoms with van der Waals surface area (Å²) in [6.45, 7) is 2.55. The number of ether oxygens (including phenoxy) is 2. The fourth-order valence-corrected chi connectivity index (χ4v) is 4.76. The van der Waals surface area contributed by atoms with Gasteiger partial charge in [-0.2, -0.15) is 0 Å². The van der Waals surface area contributed by atoms with Gasteiger partial charge in [0.15, 0.2) is 0 Å². The third kappa shape index (κ3) is 4.77. The lowest BCUT2D eigenvalue weighted by Gasteiger charge is -2.22. The molecule has 0 saturated carbocycles. The van der Waals surface area contributed by atoms with Crippen molar-refractivity contribution in [2.24, 2.45) is 5.41 Å². The van der Waals surface area contributed by atoms with E-state index in [4.69, 9.17) is 9.47 Å². The third-order valence-electron chi connectivity index (χ3n) is 6.90. The van der Waals surface area contributed by atoms with Crippen LogP contribution in [-0.2, 0) is 19.1 Å². The summed E-state index contributed by atoms with van der Waals surface area (Å²) >= 11 is 0. The average molecular weight is 467 g/mol. The second-order valence-electron chi connectivity index (χ2n) is 9.20. The summed E-state index contributed by atoms with van der Waals surface area (Å²) in [6, 6.07) is 16.2. The van der Waals surface area contributed by atoms with E-state index in [0.717, 1.165) is 22.3 Å². The lowest BCUT2D eigenvalue weighted by molar-refractivity contribution is -0.147. The van der Waals surface area contributed by atoms with E-state index in [-0.39, 0.29) is 37.9 Å². The molecule has 180 valence electrons. The Morgan fingerprint density at radius 3 is 2.29 bits per heavy atom. The van der Waals surface area contributed by atoms with Crippen LogP contribution in [0, 0.1) is 5.41 Å². The molecule has 0 bridgehead atoms. The van der Waals surface area contributed by atoms with Gasteiger partial charge >= 0.3 is 12.1 Å². The van der Waals surface area contributed by atoms with Crippen LogP contribution in [0.15, 0.2) is 48.5 Å². The Bertz CT molecular complexity index is 1040. The maximum absolute atomic E-state index is 12.6. The quantitative estimate of drug-likeness (QED) is 0.619. The first-order chi connectivity index (χ1) is 16.3. The summed E-state index contributed by atoms with van der Waals surface area (Å²) < 4.78 is 10.9. The van der Waals surface area contributed by atoms with E-state index in [1.165, 1.54) is 7.11 Å². The number of carboxylic acid groups (broad SMARTS) is 1. The highest BCUT2D eigenvalue weighted by Gasteiger charge is 2.42. The molecule has 4 rings (SSSR count). The molecule has 1 heterocycles. The molecule has 34 heavy (non-hydrogen) atoms. The van der Waals surface area contributed by atoms with Crippen LogP contribution in [0.4, 0.5) is 4.79 Å². The highest BCUT2D eigenvalue weighted by atomic mass is 16.5. The SMILES string of the molecule is COC(CNC(=O)OCC1c2ccccc2-c2ccccc21)CC(=O)N1CCC(C)(C(=O)O)C1. The van der Waals surface area contributed by atoms with Gasteiger partial charge in [0.05, 0.1) is 17.9 Å². The van der Waals surface area contributed by atoms with Crippen molar-refractivity contribution < 1.29 is 29.0 Å². The van der Waals surface area contributed by atoms with Gasteiger partial charge in [-0.05, 0) is 35.6 Å². The number of aliphatic carboxylic acids is 1. The van der Waals surface area contributed by atoms with Crippen LogP contribution in [0.25, 0.3) is 11.1 Å². The Hall–Kier alpha value is -3.39. The molecule has 2 N–H and O–H groups in total. The molecule has 1 aliphatic heterocycles. The van der Waals surface area contributed by atoms with E-state index in [1.807, 2.05) is 24.3 Å². The highest BCUT2D eigenvalue weighted by molar-refractivity contribution is 5.81. The van der Waals surface area contributed by atoms with Crippen molar-refractivity contribution in [1.82, 2.24) is 10.2 Å². The molecule has 2 aromatic carbocycles. The Balaban J connectivity index is 1.28. The number of fused-ring (bicyclic) bond motifs is 3. The molecule has 1 aliphatic carbocycles. The topological polar surface area (TPSA) is 105 Å². The maximum Gasteiger partial charge on any atom is 0.407 e. The zero-order chi connectivity index (χ0) is 24.3. The van der Waals surface area contributed by atoms with Crippen LogP contribution in [0.3, 0.4) is 0 Å². The average Bonchev–Trinajstić information content (AvgIpc) is 3.40. The predicted octanol–water partition coefficient (Wildman–Crippen LogP) is 3.25. The number of likely N-dealkylation sites (tertiary alicyclic amines) is 1. The van der Waals surface area contributed by atoms with Crippen LogP contribution in [-0.4, -0.2) is 67.4 Å². The molecule has 8 heteroatoms. The van der Waals surface area contributed by atoms with E-state index >= 15 is 0 Å². The second kappa shape index (κ2) is 9.85. The molecular formula is C26H30N2O6. The number of alkyl carbamates (subject to hydrolysis) is 1. The first-order valence-electron chi connectivity index (χ1n) is 11.4.